The van der Waals surface area contributed by atoms with Crippen LogP contribution < -0.4 is 0 Å². The number of ether oxygens (including phenoxy) is 4. The van der Waals surface area contributed by atoms with Gasteiger partial charge in [-0.2, -0.15) is 0 Å². The number of hydrogen-bond donors (Lipinski definition) is 0. The maximum atomic E-state index is 10.9. The van der Waals surface area contributed by atoms with Gasteiger partial charge in [0.2, 0.25) is 0 Å². The molecule has 0 rings (SSSR count). The van der Waals surface area contributed by atoms with Crippen molar-refractivity contribution in [1.82, 2.24) is 0 Å². The summed E-state index contributed by atoms with van der Waals surface area (Å²) in [6.45, 7) is 7.70. The van der Waals surface area contributed by atoms with E-state index in [9.17, 15) is 9.59 Å². The first-order valence-electron chi connectivity index (χ1n) is 5.78. The predicted molar refractivity (Wildman–Crippen MR) is 63.8 cm³/mol. The standard InChI is InChI=1S/C12H20O6/c1-4-11(13)17-9-7-15-6-8-16-10(3)18-12(14)5-2/h4,10H,1,5-9H2,2-3H3. The molecule has 0 saturated heterocycles. The molecule has 0 fully saturated rings. The molecule has 0 bridgehead atoms. The van der Waals surface area contributed by atoms with Gasteiger partial charge in [0.1, 0.15) is 6.61 Å². The van der Waals surface area contributed by atoms with Crippen LogP contribution >= 0.6 is 0 Å². The van der Waals surface area contributed by atoms with Gasteiger partial charge in [-0.3, -0.25) is 4.79 Å². The fourth-order valence-corrected chi connectivity index (χ4v) is 0.938. The summed E-state index contributed by atoms with van der Waals surface area (Å²) in [5.74, 6) is -0.783. The summed E-state index contributed by atoms with van der Waals surface area (Å²) in [7, 11) is 0. The summed E-state index contributed by atoms with van der Waals surface area (Å²) in [4.78, 5) is 21.6. The van der Waals surface area contributed by atoms with E-state index in [2.05, 4.69) is 6.58 Å². The summed E-state index contributed by atoms with van der Waals surface area (Å²) in [6, 6.07) is 0. The van der Waals surface area contributed by atoms with E-state index >= 15 is 0 Å². The maximum absolute atomic E-state index is 10.9. The Morgan fingerprint density at radius 1 is 1.22 bits per heavy atom. The largest absolute Gasteiger partial charge is 0.460 e. The minimum absolute atomic E-state index is 0.172. The normalized spacial score (nSPS) is 11.7. The van der Waals surface area contributed by atoms with Crippen LogP contribution in [0.1, 0.15) is 20.3 Å². The molecule has 0 amide bonds. The van der Waals surface area contributed by atoms with Crippen LogP contribution in [-0.2, 0) is 28.5 Å². The second-order valence-electron chi connectivity index (χ2n) is 3.27. The van der Waals surface area contributed by atoms with Crippen LogP contribution in [0, 0.1) is 0 Å². The molecule has 0 aliphatic heterocycles. The van der Waals surface area contributed by atoms with Gasteiger partial charge in [-0.25, -0.2) is 4.79 Å². The molecule has 0 aliphatic rings. The summed E-state index contributed by atoms with van der Waals surface area (Å²) >= 11 is 0. The average Bonchev–Trinajstić information content (AvgIpc) is 2.36. The van der Waals surface area contributed by atoms with Crippen molar-refractivity contribution < 1.29 is 28.5 Å². The zero-order valence-corrected chi connectivity index (χ0v) is 10.8. The maximum Gasteiger partial charge on any atom is 0.330 e. The van der Waals surface area contributed by atoms with Gasteiger partial charge in [0.15, 0.2) is 6.29 Å². The Labute approximate surface area is 107 Å². The minimum atomic E-state index is -0.584. The van der Waals surface area contributed by atoms with Crippen LogP contribution in [0.4, 0.5) is 0 Å². The Morgan fingerprint density at radius 2 is 1.89 bits per heavy atom. The van der Waals surface area contributed by atoms with Crippen molar-refractivity contribution in [2.24, 2.45) is 0 Å². The highest BCUT2D eigenvalue weighted by Gasteiger charge is 2.06. The zero-order valence-electron chi connectivity index (χ0n) is 10.8. The van der Waals surface area contributed by atoms with Crippen molar-refractivity contribution in [1.29, 1.82) is 0 Å². The third-order valence-electron chi connectivity index (χ3n) is 1.80. The van der Waals surface area contributed by atoms with Crippen LogP contribution in [0.15, 0.2) is 12.7 Å². The molecule has 0 heterocycles. The summed E-state index contributed by atoms with van der Waals surface area (Å²) < 4.78 is 19.9. The van der Waals surface area contributed by atoms with E-state index in [1.807, 2.05) is 0 Å². The van der Waals surface area contributed by atoms with E-state index in [1.165, 1.54) is 0 Å². The van der Waals surface area contributed by atoms with E-state index < -0.39 is 12.3 Å². The third-order valence-corrected chi connectivity index (χ3v) is 1.80. The molecule has 104 valence electrons. The number of carbonyl (C=O) groups excluding carboxylic acids is 2. The van der Waals surface area contributed by atoms with Crippen molar-refractivity contribution in [3.8, 4) is 0 Å². The van der Waals surface area contributed by atoms with Crippen LogP contribution in [0.5, 0.6) is 0 Å². The molecule has 1 unspecified atom stereocenters. The molecular weight excluding hydrogens is 240 g/mol. The molecule has 0 aliphatic carbocycles. The van der Waals surface area contributed by atoms with Crippen LogP contribution in [-0.4, -0.2) is 44.7 Å². The smallest absolute Gasteiger partial charge is 0.330 e. The zero-order chi connectivity index (χ0) is 13.8. The van der Waals surface area contributed by atoms with E-state index in [1.54, 1.807) is 13.8 Å². The Morgan fingerprint density at radius 3 is 2.50 bits per heavy atom. The summed E-state index contributed by atoms with van der Waals surface area (Å²) in [5, 5.41) is 0. The highest BCUT2D eigenvalue weighted by molar-refractivity contribution is 5.81. The monoisotopic (exact) mass is 260 g/mol. The lowest BCUT2D eigenvalue weighted by Crippen LogP contribution is -2.20. The second kappa shape index (κ2) is 10.7. The van der Waals surface area contributed by atoms with E-state index in [-0.39, 0.29) is 19.2 Å². The Balaban J connectivity index is 3.32. The molecular formula is C12H20O6. The van der Waals surface area contributed by atoms with Gasteiger partial charge >= 0.3 is 11.9 Å². The molecule has 0 aromatic carbocycles. The number of rotatable bonds is 10. The highest BCUT2D eigenvalue weighted by Crippen LogP contribution is 1.96. The van der Waals surface area contributed by atoms with E-state index in [0.717, 1.165) is 6.08 Å². The average molecular weight is 260 g/mol. The van der Waals surface area contributed by atoms with Gasteiger partial charge in [-0.15, -0.1) is 0 Å². The van der Waals surface area contributed by atoms with Crippen molar-refractivity contribution in [2.45, 2.75) is 26.6 Å². The molecule has 0 radical (unpaired) electrons. The van der Waals surface area contributed by atoms with Crippen LogP contribution in [0.25, 0.3) is 0 Å². The molecule has 0 N–H and O–H groups in total. The topological polar surface area (TPSA) is 71.1 Å². The number of hydrogen-bond acceptors (Lipinski definition) is 6. The van der Waals surface area contributed by atoms with Crippen LogP contribution in [0.3, 0.4) is 0 Å². The van der Waals surface area contributed by atoms with Gasteiger partial charge in [0.05, 0.1) is 19.8 Å². The predicted octanol–water partition coefficient (Wildman–Crippen LogP) is 1.05. The molecule has 0 saturated carbocycles. The van der Waals surface area contributed by atoms with Crippen molar-refractivity contribution in [3.05, 3.63) is 12.7 Å². The van der Waals surface area contributed by atoms with Crippen LogP contribution in [0.2, 0.25) is 0 Å². The first kappa shape index (κ1) is 16.6. The second-order valence-corrected chi connectivity index (χ2v) is 3.27. The first-order chi connectivity index (χ1) is 8.60. The van der Waals surface area contributed by atoms with Gasteiger partial charge in [0.25, 0.3) is 0 Å². The lowest BCUT2D eigenvalue weighted by Gasteiger charge is -2.13. The Bertz CT molecular complexity index is 263. The van der Waals surface area contributed by atoms with Gasteiger partial charge in [0, 0.05) is 12.5 Å². The molecule has 6 heteroatoms. The van der Waals surface area contributed by atoms with Gasteiger partial charge in [-0.1, -0.05) is 13.5 Å². The Kier molecular flexibility index (Phi) is 9.90. The van der Waals surface area contributed by atoms with Crippen molar-refractivity contribution in [2.75, 3.05) is 26.4 Å². The SMILES string of the molecule is C=CC(=O)OCCOCCOC(C)OC(=O)CC. The molecule has 0 spiro atoms. The number of esters is 2. The number of carbonyl (C=O) groups is 2. The molecule has 0 aromatic rings. The Hall–Kier alpha value is -1.40. The first-order valence-corrected chi connectivity index (χ1v) is 5.78. The van der Waals surface area contributed by atoms with Crippen molar-refractivity contribution >= 4 is 11.9 Å². The molecule has 0 aromatic heterocycles. The lowest BCUT2D eigenvalue weighted by atomic mass is 10.5. The fourth-order valence-electron chi connectivity index (χ4n) is 0.938. The quantitative estimate of drug-likeness (QED) is 0.253. The molecule has 18 heavy (non-hydrogen) atoms. The van der Waals surface area contributed by atoms with Crippen molar-refractivity contribution in [3.63, 3.8) is 0 Å². The van der Waals surface area contributed by atoms with E-state index in [4.69, 9.17) is 18.9 Å². The van der Waals surface area contributed by atoms with E-state index in [0.29, 0.717) is 19.6 Å². The fraction of sp³-hybridized carbons (Fsp3) is 0.667. The summed E-state index contributed by atoms with van der Waals surface area (Å²) in [6.07, 6.45) is 0.825. The highest BCUT2D eigenvalue weighted by atomic mass is 16.7. The summed E-state index contributed by atoms with van der Waals surface area (Å²) in [5.41, 5.74) is 0. The minimum Gasteiger partial charge on any atom is -0.460 e. The lowest BCUT2D eigenvalue weighted by molar-refractivity contribution is -0.176. The third kappa shape index (κ3) is 9.80. The van der Waals surface area contributed by atoms with Gasteiger partial charge in [-0.05, 0) is 6.92 Å². The van der Waals surface area contributed by atoms with Gasteiger partial charge < -0.3 is 18.9 Å². The molecule has 6 nitrogen and oxygen atoms in total. The molecule has 1 atom stereocenters.